The third-order valence-corrected chi connectivity index (χ3v) is 7.61. The van der Waals surface area contributed by atoms with Crippen LogP contribution in [-0.2, 0) is 21.5 Å². The number of nitrogens with one attached hydrogen (secondary N) is 1. The van der Waals surface area contributed by atoms with Crippen LogP contribution in [0, 0.1) is 0 Å². The number of rotatable bonds is 6. The maximum Gasteiger partial charge on any atom is 0.373 e. The van der Waals surface area contributed by atoms with Crippen molar-refractivity contribution in [1.29, 1.82) is 0 Å². The molecule has 1 heterocycles. The number of nitrogens with zero attached hydrogens (tertiary/aromatic N) is 2. The Labute approximate surface area is 236 Å². The van der Waals surface area contributed by atoms with Crippen LogP contribution in [0.4, 0.5) is 0 Å². The second-order valence-corrected chi connectivity index (χ2v) is 12.0. The van der Waals surface area contributed by atoms with E-state index < -0.39 is 0 Å². The van der Waals surface area contributed by atoms with Crippen LogP contribution in [0.15, 0.2) is 66.7 Å². The molecule has 1 amide bonds. The Bertz CT molecular complexity index is 1500. The summed E-state index contributed by atoms with van der Waals surface area (Å²) in [6.45, 7) is 11.8. The van der Waals surface area contributed by atoms with E-state index in [2.05, 4.69) is 99.2 Å². The number of benzene rings is 3. The van der Waals surface area contributed by atoms with E-state index in [1.54, 1.807) is 0 Å². The molecule has 208 valence electrons. The van der Waals surface area contributed by atoms with Crippen molar-refractivity contribution in [2.45, 2.75) is 84.2 Å². The quantitative estimate of drug-likeness (QED) is 0.281. The molecule has 6 nitrogen and oxygen atoms in total. The Morgan fingerprint density at radius 1 is 1.00 bits per heavy atom. The molecule has 1 saturated carbocycles. The number of carbonyl (C=O) groups is 1. The number of hydrogen-bond donors (Lipinski definition) is 1. The van der Waals surface area contributed by atoms with Gasteiger partial charge in [0.05, 0.1) is 17.8 Å². The fraction of sp³-hybridized carbons (Fsp3) is 0.382. The van der Waals surface area contributed by atoms with Gasteiger partial charge in [-0.2, -0.15) is 14.7 Å². The van der Waals surface area contributed by atoms with Crippen LogP contribution in [0.3, 0.4) is 0 Å². The van der Waals surface area contributed by atoms with Crippen molar-refractivity contribution in [3.63, 3.8) is 0 Å². The van der Waals surface area contributed by atoms with E-state index >= 15 is 0 Å². The van der Waals surface area contributed by atoms with Crippen molar-refractivity contribution in [1.82, 2.24) is 15.1 Å². The number of carbonyl (C=O) groups excluding carboxylic acids is 3. The van der Waals surface area contributed by atoms with Crippen LogP contribution in [-0.4, -0.2) is 27.9 Å². The van der Waals surface area contributed by atoms with Gasteiger partial charge in [-0.05, 0) is 64.6 Å². The lowest BCUT2D eigenvalue weighted by molar-refractivity contribution is -0.191. The van der Waals surface area contributed by atoms with Gasteiger partial charge >= 0.3 is 6.15 Å². The van der Waals surface area contributed by atoms with Crippen molar-refractivity contribution in [2.24, 2.45) is 0 Å². The predicted octanol–water partition coefficient (Wildman–Crippen LogP) is 7.26. The van der Waals surface area contributed by atoms with Gasteiger partial charge in [-0.25, -0.2) is 0 Å². The summed E-state index contributed by atoms with van der Waals surface area (Å²) in [7, 11) is 0. The lowest BCUT2D eigenvalue weighted by atomic mass is 9.82. The lowest BCUT2D eigenvalue weighted by Gasteiger charge is -2.23. The van der Waals surface area contributed by atoms with Gasteiger partial charge in [0.2, 0.25) is 0 Å². The first-order valence-electron chi connectivity index (χ1n) is 14.1. The Morgan fingerprint density at radius 2 is 1.65 bits per heavy atom. The Balaban J connectivity index is 0.00000118. The van der Waals surface area contributed by atoms with Crippen LogP contribution in [0.25, 0.3) is 22.0 Å². The second kappa shape index (κ2) is 12.4. The normalized spacial score (nSPS) is 13.7. The smallest absolute Gasteiger partial charge is 0.349 e. The summed E-state index contributed by atoms with van der Waals surface area (Å²) in [5, 5.41) is 9.29. The van der Waals surface area contributed by atoms with E-state index in [1.165, 1.54) is 35.1 Å². The maximum atomic E-state index is 12.9. The molecule has 0 aliphatic heterocycles. The van der Waals surface area contributed by atoms with E-state index in [-0.39, 0.29) is 23.4 Å². The molecule has 0 unspecified atom stereocenters. The average molecular weight is 538 g/mol. The van der Waals surface area contributed by atoms with Gasteiger partial charge in [0.1, 0.15) is 0 Å². The SMILES string of the molecule is CC(C)c1nn(Cc2ccc(-c3ccccc3C(C)(C)C)cc2)c2ccc(C(=O)NC3CCCC3)cc12.O=C=O. The lowest BCUT2D eigenvalue weighted by Crippen LogP contribution is -2.32. The molecule has 40 heavy (non-hydrogen) atoms. The molecule has 0 saturated heterocycles. The monoisotopic (exact) mass is 537 g/mol. The van der Waals surface area contributed by atoms with Gasteiger partial charge in [0.25, 0.3) is 5.91 Å². The third-order valence-electron chi connectivity index (χ3n) is 7.61. The molecular formula is C34H39N3O3. The standard InChI is InChI=1S/C33H39N3O.CO2/c1-22(2)31-28-20-25(32(37)34-26-10-6-7-11-26)18-19-30(28)36(35-31)21-23-14-16-24(17-15-23)27-12-8-9-13-29(27)33(3,4)5;2-1-3/h8-9,12-20,22,26H,6-7,10-11,21H2,1-5H3,(H,34,37);. The topological polar surface area (TPSA) is 81.1 Å². The Hall–Kier alpha value is -4.02. The van der Waals surface area contributed by atoms with Crippen molar-refractivity contribution in [2.75, 3.05) is 0 Å². The van der Waals surface area contributed by atoms with Crippen molar-refractivity contribution in [3.8, 4) is 11.1 Å². The van der Waals surface area contributed by atoms with Crippen LogP contribution in [0.5, 0.6) is 0 Å². The molecular weight excluding hydrogens is 498 g/mol. The highest BCUT2D eigenvalue weighted by molar-refractivity contribution is 5.98. The molecule has 1 aliphatic carbocycles. The highest BCUT2D eigenvalue weighted by Gasteiger charge is 2.21. The first kappa shape index (κ1) is 29.0. The minimum Gasteiger partial charge on any atom is -0.349 e. The molecule has 1 aromatic heterocycles. The fourth-order valence-electron chi connectivity index (χ4n) is 5.58. The number of aromatic nitrogens is 2. The largest absolute Gasteiger partial charge is 0.373 e. The number of fused-ring (bicyclic) bond motifs is 1. The van der Waals surface area contributed by atoms with Crippen LogP contribution < -0.4 is 5.32 Å². The van der Waals surface area contributed by atoms with Crippen LogP contribution >= 0.6 is 0 Å². The molecule has 4 aromatic rings. The number of amides is 1. The summed E-state index contributed by atoms with van der Waals surface area (Å²) in [4.78, 5) is 29.2. The average Bonchev–Trinajstić information content (AvgIpc) is 3.57. The molecule has 0 radical (unpaired) electrons. The molecule has 6 heteroatoms. The molecule has 0 atom stereocenters. The highest BCUT2D eigenvalue weighted by atomic mass is 16.2. The van der Waals surface area contributed by atoms with Gasteiger partial charge in [0.15, 0.2) is 0 Å². The van der Waals surface area contributed by atoms with Gasteiger partial charge in [-0.15, -0.1) is 0 Å². The minimum absolute atomic E-state index is 0.0300. The summed E-state index contributed by atoms with van der Waals surface area (Å²) >= 11 is 0. The Kier molecular flexibility index (Phi) is 9.01. The van der Waals surface area contributed by atoms with Gasteiger partial charge in [-0.3, -0.25) is 9.48 Å². The van der Waals surface area contributed by atoms with Gasteiger partial charge < -0.3 is 5.32 Å². The zero-order chi connectivity index (χ0) is 28.9. The van der Waals surface area contributed by atoms with Crippen molar-refractivity contribution in [3.05, 3.63) is 89.1 Å². The summed E-state index contributed by atoms with van der Waals surface area (Å²) in [5.41, 5.74) is 8.02. The first-order valence-corrected chi connectivity index (χ1v) is 14.1. The van der Waals surface area contributed by atoms with Crippen molar-refractivity contribution < 1.29 is 14.4 Å². The summed E-state index contributed by atoms with van der Waals surface area (Å²) in [6.07, 6.45) is 4.84. The van der Waals surface area contributed by atoms with E-state index in [0.717, 1.165) is 35.0 Å². The Morgan fingerprint density at radius 3 is 2.27 bits per heavy atom. The molecule has 0 spiro atoms. The molecule has 1 N–H and O–H groups in total. The molecule has 1 aliphatic rings. The van der Waals surface area contributed by atoms with E-state index in [1.807, 2.05) is 12.1 Å². The number of hydrogen-bond acceptors (Lipinski definition) is 4. The maximum absolute atomic E-state index is 12.9. The minimum atomic E-state index is 0.0300. The molecule has 1 fully saturated rings. The summed E-state index contributed by atoms with van der Waals surface area (Å²) in [6, 6.07) is 23.9. The van der Waals surface area contributed by atoms with Gasteiger partial charge in [-0.1, -0.05) is 96.0 Å². The van der Waals surface area contributed by atoms with Crippen LogP contribution in [0.2, 0.25) is 0 Å². The summed E-state index contributed by atoms with van der Waals surface area (Å²) in [5.74, 6) is 0.301. The van der Waals surface area contributed by atoms with Crippen LogP contribution in [0.1, 0.15) is 93.4 Å². The highest BCUT2D eigenvalue weighted by Crippen LogP contribution is 2.33. The molecule has 0 bridgehead atoms. The first-order chi connectivity index (χ1) is 19.1. The predicted molar refractivity (Wildman–Crippen MR) is 158 cm³/mol. The zero-order valence-corrected chi connectivity index (χ0v) is 24.2. The van der Waals surface area contributed by atoms with E-state index in [0.29, 0.717) is 12.6 Å². The van der Waals surface area contributed by atoms with Gasteiger partial charge in [0, 0.05) is 17.0 Å². The van der Waals surface area contributed by atoms with Crippen molar-refractivity contribution >= 4 is 23.0 Å². The van der Waals surface area contributed by atoms with E-state index in [4.69, 9.17) is 14.7 Å². The molecule has 3 aromatic carbocycles. The fourth-order valence-corrected chi connectivity index (χ4v) is 5.58. The summed E-state index contributed by atoms with van der Waals surface area (Å²) < 4.78 is 2.08. The second-order valence-electron chi connectivity index (χ2n) is 12.0. The molecule has 5 rings (SSSR count). The zero-order valence-electron chi connectivity index (χ0n) is 24.2. The van der Waals surface area contributed by atoms with E-state index in [9.17, 15) is 4.79 Å². The third kappa shape index (κ3) is 6.57.